The Kier molecular flexibility index (Phi) is 4.41. The molecular weight excluding hydrogens is 268 g/mol. The molecule has 20 heavy (non-hydrogen) atoms. The predicted octanol–water partition coefficient (Wildman–Crippen LogP) is 2.77. The Hall–Kier alpha value is -0.870. The standard InChI is InChI=1S/C16H24N2OS/c1-13(19)18-10-3-7-16(18)15-6-2-9-17(15)11-8-14-5-4-12-20-14/h4-5,12,15-16H,2-3,6-11H2,1H3/t15-,16+/m1/s1. The molecule has 2 saturated heterocycles. The number of carbonyl (C=O) groups is 1. The number of likely N-dealkylation sites (tertiary alicyclic amines) is 2. The zero-order valence-corrected chi connectivity index (χ0v) is 13.1. The van der Waals surface area contributed by atoms with E-state index >= 15 is 0 Å². The molecule has 0 aromatic carbocycles. The average molecular weight is 292 g/mol. The summed E-state index contributed by atoms with van der Waals surface area (Å²) in [6.07, 6.45) is 6.08. The molecule has 2 aliphatic heterocycles. The van der Waals surface area contributed by atoms with E-state index in [-0.39, 0.29) is 5.91 Å². The fourth-order valence-corrected chi connectivity index (χ4v) is 4.56. The number of amides is 1. The Morgan fingerprint density at radius 1 is 1.30 bits per heavy atom. The van der Waals surface area contributed by atoms with Crippen LogP contribution in [0.1, 0.15) is 37.5 Å². The van der Waals surface area contributed by atoms with E-state index in [0.29, 0.717) is 12.1 Å². The van der Waals surface area contributed by atoms with Crippen LogP contribution in [-0.4, -0.2) is 47.4 Å². The van der Waals surface area contributed by atoms with Crippen molar-refractivity contribution in [1.82, 2.24) is 9.80 Å². The molecule has 1 aromatic heterocycles. The van der Waals surface area contributed by atoms with E-state index in [1.54, 1.807) is 6.92 Å². The summed E-state index contributed by atoms with van der Waals surface area (Å²) >= 11 is 1.85. The Balaban J connectivity index is 1.61. The summed E-state index contributed by atoms with van der Waals surface area (Å²) < 4.78 is 0. The third-order valence-corrected chi connectivity index (χ3v) is 5.72. The molecule has 0 spiro atoms. The SMILES string of the molecule is CC(=O)N1CCC[C@H]1[C@H]1CCCN1CCc1cccs1. The average Bonchev–Trinajstić information content (AvgIpc) is 3.16. The van der Waals surface area contributed by atoms with Crippen LogP contribution in [-0.2, 0) is 11.2 Å². The van der Waals surface area contributed by atoms with Gasteiger partial charge in [-0.1, -0.05) is 6.07 Å². The van der Waals surface area contributed by atoms with Gasteiger partial charge in [-0.3, -0.25) is 9.69 Å². The number of hydrogen-bond acceptors (Lipinski definition) is 3. The Labute approximate surface area is 125 Å². The highest BCUT2D eigenvalue weighted by Crippen LogP contribution is 2.30. The molecule has 0 radical (unpaired) electrons. The van der Waals surface area contributed by atoms with Crippen molar-refractivity contribution in [3.05, 3.63) is 22.4 Å². The highest BCUT2D eigenvalue weighted by molar-refractivity contribution is 7.09. The van der Waals surface area contributed by atoms with Crippen LogP contribution in [0, 0.1) is 0 Å². The zero-order chi connectivity index (χ0) is 13.9. The van der Waals surface area contributed by atoms with Crippen molar-refractivity contribution < 1.29 is 4.79 Å². The summed E-state index contributed by atoms with van der Waals surface area (Å²) in [5, 5.41) is 2.16. The summed E-state index contributed by atoms with van der Waals surface area (Å²) in [5.74, 6) is 0.262. The number of hydrogen-bond donors (Lipinski definition) is 0. The maximum absolute atomic E-state index is 11.8. The van der Waals surface area contributed by atoms with Crippen molar-refractivity contribution in [3.8, 4) is 0 Å². The van der Waals surface area contributed by atoms with E-state index in [1.807, 2.05) is 11.3 Å². The van der Waals surface area contributed by atoms with Crippen LogP contribution in [0.5, 0.6) is 0 Å². The molecule has 110 valence electrons. The Morgan fingerprint density at radius 3 is 2.85 bits per heavy atom. The van der Waals surface area contributed by atoms with Gasteiger partial charge < -0.3 is 4.90 Å². The van der Waals surface area contributed by atoms with Gasteiger partial charge in [0.25, 0.3) is 0 Å². The molecule has 4 heteroatoms. The number of carbonyl (C=O) groups excluding carboxylic acids is 1. The van der Waals surface area contributed by atoms with Gasteiger partial charge in [0.05, 0.1) is 0 Å². The van der Waals surface area contributed by atoms with Crippen LogP contribution in [0.3, 0.4) is 0 Å². The second kappa shape index (κ2) is 6.27. The second-order valence-corrected chi connectivity index (χ2v) is 7.03. The maximum Gasteiger partial charge on any atom is 0.219 e. The third kappa shape index (κ3) is 2.91. The lowest BCUT2D eigenvalue weighted by atomic mass is 10.0. The first-order valence-corrected chi connectivity index (χ1v) is 8.67. The normalized spacial score (nSPS) is 27.4. The first kappa shape index (κ1) is 14.1. The van der Waals surface area contributed by atoms with Crippen LogP contribution in [0.4, 0.5) is 0 Å². The summed E-state index contributed by atoms with van der Waals surface area (Å²) in [5.41, 5.74) is 0. The summed E-state index contributed by atoms with van der Waals surface area (Å²) in [4.78, 5) is 18.0. The van der Waals surface area contributed by atoms with Crippen molar-refractivity contribution in [3.63, 3.8) is 0 Å². The first-order chi connectivity index (χ1) is 9.75. The molecule has 2 fully saturated rings. The molecule has 0 unspecified atom stereocenters. The van der Waals surface area contributed by atoms with Gasteiger partial charge in [-0.15, -0.1) is 11.3 Å². The van der Waals surface area contributed by atoms with Gasteiger partial charge in [-0.05, 0) is 50.1 Å². The minimum atomic E-state index is 0.262. The molecule has 3 heterocycles. The van der Waals surface area contributed by atoms with Gasteiger partial charge in [0, 0.05) is 37.0 Å². The molecule has 2 aliphatic rings. The number of nitrogens with zero attached hydrogens (tertiary/aromatic N) is 2. The zero-order valence-electron chi connectivity index (χ0n) is 12.3. The van der Waals surface area contributed by atoms with Gasteiger partial charge >= 0.3 is 0 Å². The van der Waals surface area contributed by atoms with E-state index in [9.17, 15) is 4.79 Å². The van der Waals surface area contributed by atoms with Crippen LogP contribution < -0.4 is 0 Å². The fraction of sp³-hybridized carbons (Fsp3) is 0.688. The van der Waals surface area contributed by atoms with Crippen LogP contribution in [0.2, 0.25) is 0 Å². The van der Waals surface area contributed by atoms with Crippen molar-refractivity contribution >= 4 is 17.2 Å². The maximum atomic E-state index is 11.8. The highest BCUT2D eigenvalue weighted by Gasteiger charge is 2.38. The Bertz CT molecular complexity index is 445. The molecule has 1 aromatic rings. The molecule has 0 saturated carbocycles. The lowest BCUT2D eigenvalue weighted by Gasteiger charge is -2.34. The number of rotatable bonds is 4. The van der Waals surface area contributed by atoms with Gasteiger partial charge in [0.1, 0.15) is 0 Å². The highest BCUT2D eigenvalue weighted by atomic mass is 32.1. The molecule has 2 atom stereocenters. The molecule has 3 rings (SSSR count). The monoisotopic (exact) mass is 292 g/mol. The van der Waals surface area contributed by atoms with Crippen molar-refractivity contribution in [1.29, 1.82) is 0 Å². The van der Waals surface area contributed by atoms with E-state index < -0.39 is 0 Å². The van der Waals surface area contributed by atoms with E-state index in [4.69, 9.17) is 0 Å². The molecule has 1 amide bonds. The smallest absolute Gasteiger partial charge is 0.219 e. The minimum absolute atomic E-state index is 0.262. The Morgan fingerprint density at radius 2 is 2.10 bits per heavy atom. The fourth-order valence-electron chi connectivity index (χ4n) is 3.86. The molecule has 0 bridgehead atoms. The summed E-state index contributed by atoms with van der Waals surface area (Å²) in [6, 6.07) is 5.43. The van der Waals surface area contributed by atoms with E-state index in [2.05, 4.69) is 27.3 Å². The van der Waals surface area contributed by atoms with E-state index in [1.165, 1.54) is 37.1 Å². The summed E-state index contributed by atoms with van der Waals surface area (Å²) in [6.45, 7) is 5.05. The quantitative estimate of drug-likeness (QED) is 0.852. The number of thiophene rings is 1. The summed E-state index contributed by atoms with van der Waals surface area (Å²) in [7, 11) is 0. The lowest BCUT2D eigenvalue weighted by molar-refractivity contribution is -0.130. The molecule has 0 N–H and O–H groups in total. The van der Waals surface area contributed by atoms with Gasteiger partial charge in [-0.25, -0.2) is 0 Å². The minimum Gasteiger partial charge on any atom is -0.338 e. The van der Waals surface area contributed by atoms with Crippen molar-refractivity contribution in [2.24, 2.45) is 0 Å². The molecule has 0 aliphatic carbocycles. The van der Waals surface area contributed by atoms with Gasteiger partial charge in [0.15, 0.2) is 0 Å². The largest absolute Gasteiger partial charge is 0.338 e. The third-order valence-electron chi connectivity index (χ3n) is 4.79. The van der Waals surface area contributed by atoms with Crippen LogP contribution in [0.15, 0.2) is 17.5 Å². The van der Waals surface area contributed by atoms with E-state index in [0.717, 1.165) is 19.5 Å². The van der Waals surface area contributed by atoms with Crippen LogP contribution in [0.25, 0.3) is 0 Å². The second-order valence-electron chi connectivity index (χ2n) is 6.00. The van der Waals surface area contributed by atoms with Crippen molar-refractivity contribution in [2.75, 3.05) is 19.6 Å². The topological polar surface area (TPSA) is 23.6 Å². The van der Waals surface area contributed by atoms with Crippen molar-refractivity contribution in [2.45, 2.75) is 51.1 Å². The van der Waals surface area contributed by atoms with Crippen LogP contribution >= 0.6 is 11.3 Å². The lowest BCUT2D eigenvalue weighted by Crippen LogP contribution is -2.48. The first-order valence-electron chi connectivity index (χ1n) is 7.79. The van der Waals surface area contributed by atoms with Gasteiger partial charge in [-0.2, -0.15) is 0 Å². The molecular formula is C16H24N2OS. The van der Waals surface area contributed by atoms with Gasteiger partial charge in [0.2, 0.25) is 5.91 Å². The predicted molar refractivity (Wildman–Crippen MR) is 83.0 cm³/mol. The molecule has 3 nitrogen and oxygen atoms in total.